The Labute approximate surface area is 169 Å². The normalized spacial score (nSPS) is 11.0. The van der Waals surface area contributed by atoms with Gasteiger partial charge in [-0.15, -0.1) is 0 Å². The van der Waals surface area contributed by atoms with Crippen LogP contribution in [0.2, 0.25) is 5.02 Å². The molecule has 0 aliphatic carbocycles. The number of carbonyl (C=O) groups excluding carboxylic acids is 1. The van der Waals surface area contributed by atoms with Gasteiger partial charge in [-0.05, 0) is 54.6 Å². The van der Waals surface area contributed by atoms with Gasteiger partial charge >= 0.3 is 6.18 Å². The van der Waals surface area contributed by atoms with Crippen molar-refractivity contribution >= 4 is 28.9 Å². The minimum absolute atomic E-state index is 0.0671. The summed E-state index contributed by atoms with van der Waals surface area (Å²) in [7, 11) is 0. The number of hydrogen-bond acceptors (Lipinski definition) is 4. The van der Waals surface area contributed by atoms with Crippen LogP contribution in [0.5, 0.6) is 11.5 Å². The molecule has 0 bridgehead atoms. The molecular weight excluding hydrogens is 407 g/mol. The third kappa shape index (κ3) is 5.86. The van der Waals surface area contributed by atoms with E-state index in [1.165, 1.54) is 6.07 Å². The number of alkyl halides is 3. The highest BCUT2D eigenvalue weighted by atomic mass is 35.5. The van der Waals surface area contributed by atoms with Crippen molar-refractivity contribution in [3.63, 3.8) is 0 Å². The fourth-order valence-electron chi connectivity index (χ4n) is 2.42. The first kappa shape index (κ1) is 20.5. The van der Waals surface area contributed by atoms with E-state index in [4.69, 9.17) is 16.3 Å². The van der Waals surface area contributed by atoms with Gasteiger partial charge in [0.2, 0.25) is 5.91 Å². The average Bonchev–Trinajstić information content (AvgIpc) is 2.69. The first-order valence-corrected chi connectivity index (χ1v) is 8.77. The number of anilines is 2. The van der Waals surface area contributed by atoms with Crippen LogP contribution in [0.1, 0.15) is 5.56 Å². The molecule has 0 radical (unpaired) electrons. The predicted octanol–water partition coefficient (Wildman–Crippen LogP) is 5.60. The molecule has 0 spiro atoms. The second-order valence-corrected chi connectivity index (χ2v) is 6.34. The highest BCUT2D eigenvalue weighted by molar-refractivity contribution is 6.30. The highest BCUT2D eigenvalue weighted by Crippen LogP contribution is 2.36. The number of benzene rings is 2. The van der Waals surface area contributed by atoms with Gasteiger partial charge in [-0.1, -0.05) is 11.6 Å². The van der Waals surface area contributed by atoms with E-state index in [0.29, 0.717) is 17.2 Å². The number of nitrogens with one attached hydrogen (secondary N) is 2. The van der Waals surface area contributed by atoms with Crippen LogP contribution in [0.15, 0.2) is 67.0 Å². The highest BCUT2D eigenvalue weighted by Gasteiger charge is 2.34. The van der Waals surface area contributed by atoms with E-state index in [-0.39, 0.29) is 17.3 Å². The van der Waals surface area contributed by atoms with Crippen LogP contribution in [0.25, 0.3) is 0 Å². The Morgan fingerprint density at radius 3 is 2.31 bits per heavy atom. The lowest BCUT2D eigenvalue weighted by Crippen LogP contribution is -2.23. The second-order valence-electron chi connectivity index (χ2n) is 5.90. The molecule has 0 aliphatic heterocycles. The fourth-order valence-corrected chi connectivity index (χ4v) is 2.59. The van der Waals surface area contributed by atoms with Crippen LogP contribution in [-0.2, 0) is 11.0 Å². The van der Waals surface area contributed by atoms with Crippen LogP contribution < -0.4 is 15.4 Å². The smallest absolute Gasteiger partial charge is 0.418 e. The maximum atomic E-state index is 13.1. The Hall–Kier alpha value is -3.26. The Balaban J connectivity index is 1.57. The molecule has 3 aromatic rings. The molecule has 29 heavy (non-hydrogen) atoms. The van der Waals surface area contributed by atoms with Crippen molar-refractivity contribution in [2.75, 3.05) is 17.2 Å². The van der Waals surface area contributed by atoms with Crippen LogP contribution in [0, 0.1) is 0 Å². The molecule has 3 rings (SSSR count). The Morgan fingerprint density at radius 1 is 1.00 bits per heavy atom. The second kappa shape index (κ2) is 8.83. The van der Waals surface area contributed by atoms with E-state index < -0.39 is 17.6 Å². The molecule has 1 heterocycles. The number of hydrogen-bond donors (Lipinski definition) is 2. The molecule has 150 valence electrons. The molecule has 0 unspecified atom stereocenters. The fraction of sp³-hybridized carbons (Fsp3) is 0.100. The summed E-state index contributed by atoms with van der Waals surface area (Å²) in [4.78, 5) is 16.0. The quantitative estimate of drug-likeness (QED) is 0.544. The summed E-state index contributed by atoms with van der Waals surface area (Å²) in [6, 6.07) is 13.4. The number of amides is 1. The third-order valence-corrected chi connectivity index (χ3v) is 3.99. The minimum Gasteiger partial charge on any atom is -0.457 e. The van der Waals surface area contributed by atoms with E-state index in [1.807, 2.05) is 0 Å². The van der Waals surface area contributed by atoms with E-state index in [1.54, 1.807) is 48.8 Å². The van der Waals surface area contributed by atoms with E-state index in [9.17, 15) is 18.0 Å². The topological polar surface area (TPSA) is 63.2 Å². The van der Waals surface area contributed by atoms with E-state index >= 15 is 0 Å². The maximum Gasteiger partial charge on any atom is 0.418 e. The van der Waals surface area contributed by atoms with Crippen molar-refractivity contribution in [3.05, 3.63) is 77.6 Å². The molecule has 1 aromatic heterocycles. The van der Waals surface area contributed by atoms with Crippen LogP contribution in [0.4, 0.5) is 24.5 Å². The predicted molar refractivity (Wildman–Crippen MR) is 104 cm³/mol. The molecule has 0 aliphatic rings. The summed E-state index contributed by atoms with van der Waals surface area (Å²) >= 11 is 5.63. The molecule has 0 saturated heterocycles. The first-order valence-electron chi connectivity index (χ1n) is 8.40. The van der Waals surface area contributed by atoms with E-state index in [0.717, 1.165) is 12.1 Å². The zero-order valence-corrected chi connectivity index (χ0v) is 15.6. The monoisotopic (exact) mass is 421 g/mol. The molecule has 5 nitrogen and oxygen atoms in total. The van der Waals surface area contributed by atoms with Gasteiger partial charge in [0.15, 0.2) is 0 Å². The van der Waals surface area contributed by atoms with Crippen molar-refractivity contribution in [1.29, 1.82) is 0 Å². The molecule has 2 aromatic carbocycles. The summed E-state index contributed by atoms with van der Waals surface area (Å²) in [5.74, 6) is 0.584. The maximum absolute atomic E-state index is 13.1. The van der Waals surface area contributed by atoms with Gasteiger partial charge in [-0.3, -0.25) is 9.78 Å². The molecule has 0 saturated carbocycles. The van der Waals surface area contributed by atoms with Crippen molar-refractivity contribution in [1.82, 2.24) is 4.98 Å². The van der Waals surface area contributed by atoms with Crippen molar-refractivity contribution in [2.24, 2.45) is 0 Å². The van der Waals surface area contributed by atoms with Crippen molar-refractivity contribution in [3.8, 4) is 11.5 Å². The van der Waals surface area contributed by atoms with Crippen molar-refractivity contribution in [2.45, 2.75) is 6.18 Å². The van der Waals surface area contributed by atoms with Gasteiger partial charge in [0.25, 0.3) is 0 Å². The lowest BCUT2D eigenvalue weighted by molar-refractivity contribution is -0.137. The summed E-state index contributed by atoms with van der Waals surface area (Å²) in [6.07, 6.45) is -1.42. The van der Waals surface area contributed by atoms with Gasteiger partial charge in [0.05, 0.1) is 17.8 Å². The number of nitrogens with zero attached hydrogens (tertiary/aromatic N) is 1. The van der Waals surface area contributed by atoms with Crippen molar-refractivity contribution < 1.29 is 22.7 Å². The lowest BCUT2D eigenvalue weighted by Gasteiger charge is -2.14. The molecule has 9 heteroatoms. The SMILES string of the molecule is O=C(CNc1ccc(Oc2ccncc2)cc1)Nc1ccc(Cl)cc1C(F)(F)F. The standard InChI is InChI=1S/C20H15ClF3N3O2/c21-13-1-6-18(17(11-13)20(22,23)24)27-19(28)12-26-14-2-4-15(5-3-14)29-16-7-9-25-10-8-16/h1-11,26H,12H2,(H,27,28). The number of halogens is 4. The molecule has 0 fully saturated rings. The lowest BCUT2D eigenvalue weighted by atomic mass is 10.1. The van der Waals surface area contributed by atoms with Crippen LogP contribution in [0.3, 0.4) is 0 Å². The molecule has 1 amide bonds. The van der Waals surface area contributed by atoms with Crippen LogP contribution >= 0.6 is 11.6 Å². The number of pyridine rings is 1. The van der Waals surface area contributed by atoms with Crippen LogP contribution in [-0.4, -0.2) is 17.4 Å². The Kier molecular flexibility index (Phi) is 6.23. The zero-order valence-electron chi connectivity index (χ0n) is 14.8. The van der Waals surface area contributed by atoms with E-state index in [2.05, 4.69) is 15.6 Å². The van der Waals surface area contributed by atoms with Gasteiger partial charge in [0.1, 0.15) is 11.5 Å². The number of aromatic nitrogens is 1. The summed E-state index contributed by atoms with van der Waals surface area (Å²) < 4.78 is 44.9. The Morgan fingerprint density at radius 2 is 1.66 bits per heavy atom. The largest absolute Gasteiger partial charge is 0.457 e. The number of carbonyl (C=O) groups is 1. The van der Waals surface area contributed by atoms with Gasteiger partial charge < -0.3 is 15.4 Å². The zero-order chi connectivity index (χ0) is 20.9. The average molecular weight is 422 g/mol. The minimum atomic E-state index is -4.63. The first-order chi connectivity index (χ1) is 13.8. The molecule has 2 N–H and O–H groups in total. The number of rotatable bonds is 6. The molecule has 0 atom stereocenters. The van der Waals surface area contributed by atoms with Gasteiger partial charge in [0, 0.05) is 23.1 Å². The van der Waals surface area contributed by atoms with Gasteiger partial charge in [-0.25, -0.2) is 0 Å². The summed E-state index contributed by atoms with van der Waals surface area (Å²) in [5.41, 5.74) is -0.750. The van der Waals surface area contributed by atoms with Gasteiger partial charge in [-0.2, -0.15) is 13.2 Å². The summed E-state index contributed by atoms with van der Waals surface area (Å²) in [5, 5.41) is 5.02. The summed E-state index contributed by atoms with van der Waals surface area (Å²) in [6.45, 7) is -0.218. The number of ether oxygens (including phenoxy) is 1. The molecular formula is C20H15ClF3N3O2. The Bertz CT molecular complexity index is 981. The third-order valence-electron chi connectivity index (χ3n) is 3.75.